The van der Waals surface area contributed by atoms with Crippen molar-refractivity contribution in [3.8, 4) is 0 Å². The van der Waals surface area contributed by atoms with Gasteiger partial charge in [0.1, 0.15) is 11.4 Å². The lowest BCUT2D eigenvalue weighted by Crippen LogP contribution is -2.25. The molecule has 1 aliphatic rings. The fraction of sp³-hybridized carbons (Fsp3) is 0.727. The van der Waals surface area contributed by atoms with Crippen molar-refractivity contribution >= 4 is 5.97 Å². The van der Waals surface area contributed by atoms with Gasteiger partial charge in [0.05, 0.1) is 12.8 Å². The zero-order valence-electron chi connectivity index (χ0n) is 17.9. The third-order valence-corrected chi connectivity index (χ3v) is 5.44. The number of esters is 1. The van der Waals surface area contributed by atoms with Crippen molar-refractivity contribution in [2.45, 2.75) is 96.5 Å². The number of nitrogens with zero attached hydrogens (tertiary/aromatic N) is 3. The summed E-state index contributed by atoms with van der Waals surface area (Å²) in [6.07, 6.45) is 14.1. The molecule has 1 fully saturated rings. The molecule has 0 amide bonds. The van der Waals surface area contributed by atoms with Gasteiger partial charge in [-0.1, -0.05) is 50.1 Å². The summed E-state index contributed by atoms with van der Waals surface area (Å²) in [5.74, 6) is 2.40. The predicted octanol–water partition coefficient (Wildman–Crippen LogP) is 4.95. The number of imidazole rings is 1. The molecule has 160 valence electrons. The topological polar surface area (TPSA) is 93.9 Å². The number of H-pyrrole nitrogens is 1. The van der Waals surface area contributed by atoms with E-state index in [4.69, 9.17) is 9.26 Å². The molecule has 0 bridgehead atoms. The smallest absolute Gasteiger partial charge is 0.307 e. The van der Waals surface area contributed by atoms with Gasteiger partial charge in [0.15, 0.2) is 5.82 Å². The van der Waals surface area contributed by atoms with Gasteiger partial charge in [0.25, 0.3) is 0 Å². The minimum atomic E-state index is -0.497. The van der Waals surface area contributed by atoms with Gasteiger partial charge in [-0.2, -0.15) is 4.98 Å². The summed E-state index contributed by atoms with van der Waals surface area (Å²) in [6.45, 7) is 5.66. The first-order valence-corrected chi connectivity index (χ1v) is 10.9. The fourth-order valence-corrected chi connectivity index (χ4v) is 4.08. The molecule has 1 saturated carbocycles. The third kappa shape index (κ3) is 7.29. The maximum absolute atomic E-state index is 12.4. The molecule has 0 aliphatic heterocycles. The van der Waals surface area contributed by atoms with Crippen LogP contribution in [0.4, 0.5) is 0 Å². The zero-order valence-corrected chi connectivity index (χ0v) is 17.9. The van der Waals surface area contributed by atoms with E-state index in [1.165, 1.54) is 38.5 Å². The SMILES string of the molecule is CC(C)(C)OC(=O)C[C@@H](CCCC1CCCCC1)c1nc(Cc2ncc[nH]2)no1. The summed E-state index contributed by atoms with van der Waals surface area (Å²) in [5.41, 5.74) is -0.497. The number of carbonyl (C=O) groups is 1. The molecular formula is C22H34N4O3. The highest BCUT2D eigenvalue weighted by Gasteiger charge is 2.26. The van der Waals surface area contributed by atoms with E-state index in [1.807, 2.05) is 20.8 Å². The van der Waals surface area contributed by atoms with Crippen LogP contribution < -0.4 is 0 Å². The molecule has 7 nitrogen and oxygen atoms in total. The summed E-state index contributed by atoms with van der Waals surface area (Å²) in [5, 5.41) is 4.09. The molecule has 29 heavy (non-hydrogen) atoms. The maximum Gasteiger partial charge on any atom is 0.307 e. The Morgan fingerprint density at radius 3 is 2.79 bits per heavy atom. The third-order valence-electron chi connectivity index (χ3n) is 5.44. The maximum atomic E-state index is 12.4. The van der Waals surface area contributed by atoms with E-state index in [9.17, 15) is 4.79 Å². The highest BCUT2D eigenvalue weighted by molar-refractivity contribution is 5.70. The van der Waals surface area contributed by atoms with Crippen LogP contribution in [-0.2, 0) is 16.0 Å². The molecule has 0 aromatic carbocycles. The van der Waals surface area contributed by atoms with Crippen molar-refractivity contribution in [2.75, 3.05) is 0 Å². The van der Waals surface area contributed by atoms with Crippen LogP contribution in [0, 0.1) is 5.92 Å². The van der Waals surface area contributed by atoms with Gasteiger partial charge < -0.3 is 14.2 Å². The summed E-state index contributed by atoms with van der Waals surface area (Å²) in [4.78, 5) is 24.2. The van der Waals surface area contributed by atoms with E-state index < -0.39 is 5.60 Å². The lowest BCUT2D eigenvalue weighted by Gasteiger charge is -2.23. The van der Waals surface area contributed by atoms with Crippen LogP contribution in [0.15, 0.2) is 16.9 Å². The van der Waals surface area contributed by atoms with Crippen LogP contribution in [0.1, 0.15) is 102 Å². The van der Waals surface area contributed by atoms with Gasteiger partial charge >= 0.3 is 5.97 Å². The first-order valence-electron chi connectivity index (χ1n) is 10.9. The molecule has 0 spiro atoms. The minimum Gasteiger partial charge on any atom is -0.460 e. The first-order chi connectivity index (χ1) is 13.9. The van der Waals surface area contributed by atoms with E-state index >= 15 is 0 Å². The average molecular weight is 403 g/mol. The highest BCUT2D eigenvalue weighted by Crippen LogP contribution is 2.31. The molecule has 0 radical (unpaired) electrons. The molecule has 0 saturated heterocycles. The highest BCUT2D eigenvalue weighted by atomic mass is 16.6. The Kier molecular flexibility index (Phi) is 7.45. The van der Waals surface area contributed by atoms with E-state index in [0.29, 0.717) is 18.1 Å². The van der Waals surface area contributed by atoms with Crippen molar-refractivity contribution in [2.24, 2.45) is 5.92 Å². The second kappa shape index (κ2) is 10.0. The molecule has 0 unspecified atom stereocenters. The van der Waals surface area contributed by atoms with Crippen LogP contribution in [0.2, 0.25) is 0 Å². The Morgan fingerprint density at radius 1 is 1.31 bits per heavy atom. The number of hydrogen-bond acceptors (Lipinski definition) is 6. The average Bonchev–Trinajstić information content (AvgIpc) is 3.33. The van der Waals surface area contributed by atoms with Gasteiger partial charge in [0, 0.05) is 18.3 Å². The largest absolute Gasteiger partial charge is 0.460 e. The van der Waals surface area contributed by atoms with Crippen molar-refractivity contribution in [3.63, 3.8) is 0 Å². The van der Waals surface area contributed by atoms with E-state index in [2.05, 4.69) is 20.1 Å². The molecule has 2 heterocycles. The zero-order chi connectivity index (χ0) is 20.7. The van der Waals surface area contributed by atoms with Gasteiger partial charge in [-0.15, -0.1) is 0 Å². The molecular weight excluding hydrogens is 368 g/mol. The number of rotatable bonds is 9. The van der Waals surface area contributed by atoms with Gasteiger partial charge in [0.2, 0.25) is 5.89 Å². The lowest BCUT2D eigenvalue weighted by molar-refractivity contribution is -0.155. The second-order valence-electron chi connectivity index (χ2n) is 9.18. The predicted molar refractivity (Wildman–Crippen MR) is 109 cm³/mol. The number of ether oxygens (including phenoxy) is 1. The van der Waals surface area contributed by atoms with Gasteiger partial charge in [-0.3, -0.25) is 4.79 Å². The summed E-state index contributed by atoms with van der Waals surface area (Å²) in [6, 6.07) is 0. The van der Waals surface area contributed by atoms with Crippen LogP contribution >= 0.6 is 0 Å². The monoisotopic (exact) mass is 402 g/mol. The van der Waals surface area contributed by atoms with Crippen molar-refractivity contribution in [3.05, 3.63) is 29.9 Å². The minimum absolute atomic E-state index is 0.105. The van der Waals surface area contributed by atoms with Gasteiger partial charge in [-0.05, 0) is 33.1 Å². The van der Waals surface area contributed by atoms with E-state index in [-0.39, 0.29) is 18.3 Å². The summed E-state index contributed by atoms with van der Waals surface area (Å²) >= 11 is 0. The second-order valence-corrected chi connectivity index (χ2v) is 9.18. The molecule has 1 atom stereocenters. The number of hydrogen-bond donors (Lipinski definition) is 1. The number of aromatic nitrogens is 4. The quantitative estimate of drug-likeness (QED) is 0.596. The van der Waals surface area contributed by atoms with Crippen LogP contribution in [0.5, 0.6) is 0 Å². The molecule has 1 aliphatic carbocycles. The van der Waals surface area contributed by atoms with Crippen LogP contribution in [-0.4, -0.2) is 31.7 Å². The number of aromatic amines is 1. The Hall–Kier alpha value is -2.18. The van der Waals surface area contributed by atoms with Crippen LogP contribution in [0.3, 0.4) is 0 Å². The normalized spacial score (nSPS) is 16.7. The van der Waals surface area contributed by atoms with Gasteiger partial charge in [-0.25, -0.2) is 4.98 Å². The fourth-order valence-electron chi connectivity index (χ4n) is 4.08. The lowest BCUT2D eigenvalue weighted by atomic mass is 9.84. The van der Waals surface area contributed by atoms with E-state index in [0.717, 1.165) is 24.6 Å². The molecule has 1 N–H and O–H groups in total. The first kappa shape index (κ1) is 21.5. The van der Waals surface area contributed by atoms with Crippen molar-refractivity contribution in [1.82, 2.24) is 20.1 Å². The molecule has 3 rings (SSSR count). The van der Waals surface area contributed by atoms with E-state index in [1.54, 1.807) is 12.4 Å². The summed E-state index contributed by atoms with van der Waals surface area (Å²) in [7, 11) is 0. The summed E-state index contributed by atoms with van der Waals surface area (Å²) < 4.78 is 11.1. The Labute approximate surface area is 173 Å². The Morgan fingerprint density at radius 2 is 2.10 bits per heavy atom. The Balaban J connectivity index is 1.61. The number of nitrogens with one attached hydrogen (secondary N) is 1. The molecule has 2 aromatic rings. The van der Waals surface area contributed by atoms with Crippen molar-refractivity contribution < 1.29 is 14.1 Å². The molecule has 7 heteroatoms. The Bertz CT molecular complexity index is 742. The van der Waals surface area contributed by atoms with Crippen molar-refractivity contribution in [1.29, 1.82) is 0 Å². The number of carbonyl (C=O) groups excluding carboxylic acids is 1. The molecule has 2 aromatic heterocycles. The standard InChI is InChI=1S/C22H34N4O3/c1-22(2,3)28-20(27)14-17(11-7-10-16-8-5-4-6-9-16)21-25-19(26-29-21)15-18-23-12-13-24-18/h12-13,16-17H,4-11,14-15H2,1-3H3,(H,23,24)/t17-/m1/s1. The van der Waals surface area contributed by atoms with Crippen LogP contribution in [0.25, 0.3) is 0 Å².